The zero-order valence-electron chi connectivity index (χ0n) is 21.1. The first kappa shape index (κ1) is 25.7. The van der Waals surface area contributed by atoms with Crippen LogP contribution in [0.2, 0.25) is 0 Å². The molecule has 2 aliphatic rings. The summed E-state index contributed by atoms with van der Waals surface area (Å²) >= 11 is 1.64. The number of rotatable bonds is 5. The fraction of sp³-hybridized carbons (Fsp3) is 0.379. The summed E-state index contributed by atoms with van der Waals surface area (Å²) in [7, 11) is 0. The van der Waals surface area contributed by atoms with E-state index in [2.05, 4.69) is 19.1 Å². The zero-order valence-corrected chi connectivity index (χ0v) is 23.9. The average Bonchev–Trinajstić information content (AvgIpc) is 3.19. The zero-order chi connectivity index (χ0) is 24.2. The molecule has 0 radical (unpaired) electrons. The number of aromatic carboxylic acids is 1. The van der Waals surface area contributed by atoms with Gasteiger partial charge < -0.3 is 19.4 Å². The standard InChI is InChI=1S/C29H29NO4S.Na/c1-17-7-8-23(34-14-19-9-11-29(12-10-19)15-33-16-29)25-21(28(31)32)13-22(30-26(17)25)27-18(2)20-5-3-4-6-24(20)35-27;/h3-8,13,19H,9-12,14-16H2,1-2H3,(H,31,32);/q;+1/p-1. The molecule has 180 valence electrons. The fourth-order valence-electron chi connectivity index (χ4n) is 5.60. The number of carbonyl (C=O) groups is 1. The Balaban J connectivity index is 0.00000267. The van der Waals surface area contributed by atoms with E-state index >= 15 is 0 Å². The molecule has 6 rings (SSSR count). The first-order chi connectivity index (χ1) is 16.9. The van der Waals surface area contributed by atoms with Crippen LogP contribution in [0.4, 0.5) is 0 Å². The first-order valence-electron chi connectivity index (χ1n) is 12.3. The average molecular weight is 510 g/mol. The number of aromatic nitrogens is 1. The van der Waals surface area contributed by atoms with Crippen molar-refractivity contribution in [3.05, 3.63) is 59.2 Å². The second-order valence-corrected chi connectivity index (χ2v) is 11.3. The summed E-state index contributed by atoms with van der Waals surface area (Å²) in [5, 5.41) is 14.0. The van der Waals surface area contributed by atoms with Crippen molar-refractivity contribution in [1.82, 2.24) is 4.98 Å². The van der Waals surface area contributed by atoms with Gasteiger partial charge in [-0.1, -0.05) is 24.3 Å². The quantitative estimate of drug-likeness (QED) is 0.387. The molecule has 5 nitrogen and oxygen atoms in total. The predicted octanol–water partition coefficient (Wildman–Crippen LogP) is 2.69. The Kier molecular flexibility index (Phi) is 7.18. The van der Waals surface area contributed by atoms with Gasteiger partial charge in [0, 0.05) is 15.7 Å². The van der Waals surface area contributed by atoms with Crippen LogP contribution in [0.1, 0.15) is 47.2 Å². The molecule has 7 heteroatoms. The summed E-state index contributed by atoms with van der Waals surface area (Å²) in [5.74, 6) is -0.168. The molecule has 0 bridgehead atoms. The van der Waals surface area contributed by atoms with E-state index in [0.717, 1.165) is 46.8 Å². The molecule has 0 amide bonds. The molecule has 4 aromatic rings. The molecule has 0 atom stereocenters. The van der Waals surface area contributed by atoms with E-state index in [1.807, 2.05) is 31.2 Å². The number of ether oxygens (including phenoxy) is 2. The van der Waals surface area contributed by atoms with Crippen molar-refractivity contribution >= 4 is 38.3 Å². The summed E-state index contributed by atoms with van der Waals surface area (Å²) in [6.07, 6.45) is 4.60. The summed E-state index contributed by atoms with van der Waals surface area (Å²) < 4.78 is 12.9. The van der Waals surface area contributed by atoms with Gasteiger partial charge in [-0.05, 0) is 80.2 Å². The Hall–Kier alpha value is -1.96. The van der Waals surface area contributed by atoms with Crippen LogP contribution >= 0.6 is 11.3 Å². The third kappa shape index (κ3) is 4.48. The van der Waals surface area contributed by atoms with E-state index in [9.17, 15) is 9.90 Å². The molecular weight excluding hydrogens is 481 g/mol. The number of fused-ring (bicyclic) bond motifs is 2. The van der Waals surface area contributed by atoms with Crippen LogP contribution in [0.25, 0.3) is 31.6 Å². The van der Waals surface area contributed by atoms with Crippen LogP contribution in [-0.2, 0) is 4.74 Å². The topological polar surface area (TPSA) is 71.5 Å². The number of benzene rings is 2. The minimum absolute atomic E-state index is 0. The summed E-state index contributed by atoms with van der Waals surface area (Å²) in [4.78, 5) is 18.3. The van der Waals surface area contributed by atoms with Crippen molar-refractivity contribution in [1.29, 1.82) is 0 Å². The van der Waals surface area contributed by atoms with Crippen molar-refractivity contribution in [3.63, 3.8) is 0 Å². The van der Waals surface area contributed by atoms with Gasteiger partial charge in [-0.2, -0.15) is 0 Å². The number of hydrogen-bond acceptors (Lipinski definition) is 6. The second-order valence-electron chi connectivity index (χ2n) is 10.2. The maximum atomic E-state index is 12.3. The van der Waals surface area contributed by atoms with Gasteiger partial charge >= 0.3 is 29.6 Å². The number of carbonyl (C=O) groups excluding carboxylic acids is 1. The van der Waals surface area contributed by atoms with Crippen LogP contribution in [0.5, 0.6) is 5.75 Å². The van der Waals surface area contributed by atoms with Crippen LogP contribution in [0.15, 0.2) is 42.5 Å². The summed E-state index contributed by atoms with van der Waals surface area (Å²) in [6.45, 7) is 6.39. The predicted molar refractivity (Wildman–Crippen MR) is 137 cm³/mol. The van der Waals surface area contributed by atoms with Crippen molar-refractivity contribution < 1.29 is 48.9 Å². The Morgan fingerprint density at radius 1 is 1.17 bits per heavy atom. The van der Waals surface area contributed by atoms with Gasteiger partial charge in [0.05, 0.1) is 47.3 Å². The summed E-state index contributed by atoms with van der Waals surface area (Å²) in [5.41, 5.74) is 3.88. The SMILES string of the molecule is Cc1c(-c2cc(C(=O)[O-])c3c(OCC4CCC5(CC4)COC5)ccc(C)c3n2)sc2ccccc12.[Na+]. The third-order valence-electron chi connectivity index (χ3n) is 7.88. The molecule has 3 heterocycles. The number of nitrogens with zero attached hydrogens (tertiary/aromatic N) is 1. The maximum absolute atomic E-state index is 12.3. The second kappa shape index (κ2) is 10.1. The number of aryl methyl sites for hydroxylation is 2. The van der Waals surface area contributed by atoms with Gasteiger partial charge in [0.15, 0.2) is 0 Å². The smallest absolute Gasteiger partial charge is 0.545 e. The third-order valence-corrected chi connectivity index (χ3v) is 9.17. The molecular formula is C29H28NNaO4S. The Bertz CT molecular complexity index is 1450. The number of hydrogen-bond donors (Lipinski definition) is 0. The molecule has 2 aromatic carbocycles. The molecule has 1 aliphatic carbocycles. The molecule has 0 unspecified atom stereocenters. The Morgan fingerprint density at radius 2 is 1.92 bits per heavy atom. The number of thiophene rings is 1. The summed E-state index contributed by atoms with van der Waals surface area (Å²) in [6, 6.07) is 13.7. The Labute approximate surface area is 237 Å². The molecule has 2 fully saturated rings. The van der Waals surface area contributed by atoms with Crippen LogP contribution < -0.4 is 39.4 Å². The molecule has 1 saturated carbocycles. The minimum atomic E-state index is -1.21. The molecule has 1 saturated heterocycles. The number of carboxylic acids is 1. The van der Waals surface area contributed by atoms with E-state index in [1.165, 1.54) is 18.2 Å². The molecule has 36 heavy (non-hydrogen) atoms. The molecule has 1 aliphatic heterocycles. The number of carboxylic acid groups (broad SMARTS) is 1. The van der Waals surface area contributed by atoms with Crippen LogP contribution in [-0.4, -0.2) is 30.8 Å². The van der Waals surface area contributed by atoms with Crippen molar-refractivity contribution in [2.75, 3.05) is 19.8 Å². The van der Waals surface area contributed by atoms with Crippen molar-refractivity contribution in [2.45, 2.75) is 39.5 Å². The Morgan fingerprint density at radius 3 is 2.58 bits per heavy atom. The van der Waals surface area contributed by atoms with Gasteiger partial charge in [0.25, 0.3) is 0 Å². The monoisotopic (exact) mass is 509 g/mol. The van der Waals surface area contributed by atoms with E-state index in [0.29, 0.717) is 40.3 Å². The van der Waals surface area contributed by atoms with Gasteiger partial charge in [0.1, 0.15) is 5.75 Å². The minimum Gasteiger partial charge on any atom is -0.545 e. The van der Waals surface area contributed by atoms with E-state index in [4.69, 9.17) is 14.5 Å². The van der Waals surface area contributed by atoms with Crippen molar-refractivity contribution in [2.24, 2.45) is 11.3 Å². The normalized spacial score (nSPS) is 17.2. The number of pyridine rings is 1. The van der Waals surface area contributed by atoms with E-state index < -0.39 is 5.97 Å². The molecule has 2 aromatic heterocycles. The fourth-order valence-corrected chi connectivity index (χ4v) is 6.77. The maximum Gasteiger partial charge on any atom is 1.00 e. The largest absolute Gasteiger partial charge is 1.00 e. The van der Waals surface area contributed by atoms with Gasteiger partial charge in [-0.25, -0.2) is 4.98 Å². The van der Waals surface area contributed by atoms with Crippen molar-refractivity contribution in [3.8, 4) is 16.3 Å². The van der Waals surface area contributed by atoms with Gasteiger partial charge in [-0.3, -0.25) is 0 Å². The first-order valence-corrected chi connectivity index (χ1v) is 13.1. The van der Waals surface area contributed by atoms with E-state index in [1.54, 1.807) is 17.4 Å². The van der Waals surface area contributed by atoms with E-state index in [-0.39, 0.29) is 35.1 Å². The van der Waals surface area contributed by atoms with Gasteiger partial charge in [-0.15, -0.1) is 11.3 Å². The van der Waals surface area contributed by atoms with Gasteiger partial charge in [0.2, 0.25) is 0 Å². The molecule has 0 N–H and O–H groups in total. The molecule has 1 spiro atoms. The van der Waals surface area contributed by atoms with Crippen LogP contribution in [0.3, 0.4) is 0 Å². The van der Waals surface area contributed by atoms with Crippen LogP contribution in [0, 0.1) is 25.2 Å².